The third kappa shape index (κ3) is 4.04. The van der Waals surface area contributed by atoms with E-state index >= 15 is 0 Å². The van der Waals surface area contributed by atoms with Gasteiger partial charge in [-0.15, -0.1) is 0 Å². The maximum Gasteiger partial charge on any atom is 0.271 e. The first kappa shape index (κ1) is 14.5. The molecule has 2 rings (SSSR count). The highest BCUT2D eigenvalue weighted by Crippen LogP contribution is 2.20. The van der Waals surface area contributed by atoms with E-state index in [1.165, 1.54) is 19.1 Å². The van der Waals surface area contributed by atoms with E-state index in [1.54, 1.807) is 36.4 Å². The smallest absolute Gasteiger partial charge is 0.271 e. The Kier molecular flexibility index (Phi) is 4.50. The molecule has 3 N–H and O–H groups in total. The molecule has 0 atom stereocenters. The summed E-state index contributed by atoms with van der Waals surface area (Å²) in [6.07, 6.45) is 0. The highest BCUT2D eigenvalue weighted by Gasteiger charge is 2.11. The molecule has 0 radical (unpaired) electrons. The van der Waals surface area contributed by atoms with Crippen molar-refractivity contribution in [3.8, 4) is 0 Å². The largest absolute Gasteiger partial charge is 0.355 e. The van der Waals surface area contributed by atoms with Crippen LogP contribution in [0.25, 0.3) is 0 Å². The minimum Gasteiger partial charge on any atom is -0.355 e. The molecule has 21 heavy (non-hydrogen) atoms. The zero-order valence-electron chi connectivity index (χ0n) is 11.3. The Morgan fingerprint density at radius 3 is 2.29 bits per heavy atom. The fraction of sp³-hybridized carbons (Fsp3) is 0.0667. The summed E-state index contributed by atoms with van der Waals surface area (Å²) in [7, 11) is 0. The second kappa shape index (κ2) is 6.51. The second-order valence-electron chi connectivity index (χ2n) is 4.31. The average molecular weight is 287 g/mol. The number of nitrogens with one attached hydrogen (secondary N) is 3. The van der Waals surface area contributed by atoms with E-state index < -0.39 is 5.91 Å². The number of carbonyl (C=O) groups is 2. The first-order valence-corrected chi connectivity index (χ1v) is 6.25. The van der Waals surface area contributed by atoms with Crippen molar-refractivity contribution in [1.82, 2.24) is 10.9 Å². The lowest BCUT2D eigenvalue weighted by atomic mass is 10.1. The second-order valence-corrected chi connectivity index (χ2v) is 4.31. The molecule has 2 aromatic rings. The molecular formula is C15H14FN3O2. The SMILES string of the molecule is CC(=O)NNC(=O)c1ccccc1Nc1ccc(F)cc1. The van der Waals surface area contributed by atoms with Crippen LogP contribution in [0.5, 0.6) is 0 Å². The number of para-hydroxylation sites is 1. The van der Waals surface area contributed by atoms with Crippen molar-refractivity contribution < 1.29 is 14.0 Å². The van der Waals surface area contributed by atoms with Gasteiger partial charge in [0, 0.05) is 12.6 Å². The van der Waals surface area contributed by atoms with Gasteiger partial charge in [-0.1, -0.05) is 12.1 Å². The fourth-order valence-corrected chi connectivity index (χ4v) is 1.69. The van der Waals surface area contributed by atoms with E-state index in [2.05, 4.69) is 16.2 Å². The Morgan fingerprint density at radius 1 is 0.952 bits per heavy atom. The molecule has 0 aliphatic heterocycles. The van der Waals surface area contributed by atoms with Crippen molar-refractivity contribution in [2.24, 2.45) is 0 Å². The quantitative estimate of drug-likeness (QED) is 0.759. The van der Waals surface area contributed by atoms with Crippen LogP contribution < -0.4 is 16.2 Å². The highest BCUT2D eigenvalue weighted by atomic mass is 19.1. The lowest BCUT2D eigenvalue weighted by Crippen LogP contribution is -2.40. The van der Waals surface area contributed by atoms with Crippen molar-refractivity contribution in [3.05, 3.63) is 59.9 Å². The number of rotatable bonds is 3. The van der Waals surface area contributed by atoms with Gasteiger partial charge in [-0.25, -0.2) is 4.39 Å². The Balaban J connectivity index is 2.18. The van der Waals surface area contributed by atoms with Gasteiger partial charge >= 0.3 is 0 Å². The van der Waals surface area contributed by atoms with Gasteiger partial charge in [0.25, 0.3) is 5.91 Å². The summed E-state index contributed by atoms with van der Waals surface area (Å²) in [6, 6.07) is 12.6. The average Bonchev–Trinajstić information content (AvgIpc) is 2.48. The molecule has 2 aromatic carbocycles. The van der Waals surface area contributed by atoms with Crippen LogP contribution in [0.1, 0.15) is 17.3 Å². The van der Waals surface area contributed by atoms with Crippen molar-refractivity contribution >= 4 is 23.2 Å². The van der Waals surface area contributed by atoms with Crippen LogP contribution in [0.4, 0.5) is 15.8 Å². The molecule has 0 fully saturated rings. The van der Waals surface area contributed by atoms with Crippen molar-refractivity contribution in [2.45, 2.75) is 6.92 Å². The molecule has 0 aliphatic rings. The topological polar surface area (TPSA) is 70.2 Å². The van der Waals surface area contributed by atoms with Crippen molar-refractivity contribution in [1.29, 1.82) is 0 Å². The Labute approximate surface area is 121 Å². The molecular weight excluding hydrogens is 273 g/mol. The standard InChI is InChI=1S/C15H14FN3O2/c1-10(20)18-19-15(21)13-4-2-3-5-14(13)17-12-8-6-11(16)7-9-12/h2-9,17H,1H3,(H,18,20)(H,19,21). The number of hydrogen-bond donors (Lipinski definition) is 3. The number of anilines is 2. The van der Waals surface area contributed by atoms with Crippen LogP contribution in [-0.2, 0) is 4.79 Å². The minimum atomic E-state index is -0.449. The predicted molar refractivity (Wildman–Crippen MR) is 77.4 cm³/mol. The first-order valence-electron chi connectivity index (χ1n) is 6.25. The van der Waals surface area contributed by atoms with Gasteiger partial charge < -0.3 is 5.32 Å². The van der Waals surface area contributed by atoms with Gasteiger partial charge in [-0.2, -0.15) is 0 Å². The predicted octanol–water partition coefficient (Wildman–Crippen LogP) is 2.35. The van der Waals surface area contributed by atoms with E-state index in [1.807, 2.05) is 0 Å². The highest BCUT2D eigenvalue weighted by molar-refractivity contribution is 6.00. The summed E-state index contributed by atoms with van der Waals surface area (Å²) in [5, 5.41) is 3.03. The molecule has 6 heteroatoms. The minimum absolute atomic E-state index is 0.336. The van der Waals surface area contributed by atoms with Gasteiger partial charge in [0.15, 0.2) is 0 Å². The maximum atomic E-state index is 12.9. The van der Waals surface area contributed by atoms with Crippen LogP contribution in [0.3, 0.4) is 0 Å². The third-order valence-corrected chi connectivity index (χ3v) is 2.65. The summed E-state index contributed by atoms with van der Waals surface area (Å²) in [5.74, 6) is -1.15. The van der Waals surface area contributed by atoms with E-state index in [4.69, 9.17) is 0 Å². The van der Waals surface area contributed by atoms with Crippen LogP contribution >= 0.6 is 0 Å². The van der Waals surface area contributed by atoms with E-state index in [-0.39, 0.29) is 11.7 Å². The molecule has 0 spiro atoms. The first-order chi connectivity index (χ1) is 10.1. The Morgan fingerprint density at radius 2 is 1.62 bits per heavy atom. The Bertz CT molecular complexity index is 656. The van der Waals surface area contributed by atoms with E-state index in [0.29, 0.717) is 16.9 Å². The monoisotopic (exact) mass is 287 g/mol. The lowest BCUT2D eigenvalue weighted by molar-refractivity contribution is -0.119. The summed E-state index contributed by atoms with van der Waals surface area (Å²) in [5.41, 5.74) is 6.08. The lowest BCUT2D eigenvalue weighted by Gasteiger charge is -2.12. The Hall–Kier alpha value is -2.89. The number of halogens is 1. The molecule has 0 bridgehead atoms. The number of amides is 2. The van der Waals surface area contributed by atoms with Crippen LogP contribution in [0.2, 0.25) is 0 Å². The number of hydrazine groups is 1. The zero-order chi connectivity index (χ0) is 15.2. The third-order valence-electron chi connectivity index (χ3n) is 2.65. The van der Waals surface area contributed by atoms with Gasteiger partial charge in [-0.3, -0.25) is 20.4 Å². The number of hydrogen-bond acceptors (Lipinski definition) is 3. The molecule has 0 aliphatic carbocycles. The fourth-order valence-electron chi connectivity index (χ4n) is 1.69. The maximum absolute atomic E-state index is 12.9. The molecule has 0 saturated carbocycles. The van der Waals surface area contributed by atoms with E-state index in [9.17, 15) is 14.0 Å². The number of benzene rings is 2. The molecule has 2 amide bonds. The van der Waals surface area contributed by atoms with Crippen molar-refractivity contribution in [2.75, 3.05) is 5.32 Å². The summed E-state index contributed by atoms with van der Waals surface area (Å²) >= 11 is 0. The molecule has 0 heterocycles. The van der Waals surface area contributed by atoms with E-state index in [0.717, 1.165) is 0 Å². The van der Waals surface area contributed by atoms with Crippen LogP contribution in [0.15, 0.2) is 48.5 Å². The van der Waals surface area contributed by atoms with Gasteiger partial charge in [0.1, 0.15) is 5.82 Å². The number of carbonyl (C=O) groups excluding carboxylic acids is 2. The molecule has 0 aromatic heterocycles. The van der Waals surface area contributed by atoms with Crippen LogP contribution in [0, 0.1) is 5.82 Å². The van der Waals surface area contributed by atoms with Gasteiger partial charge in [-0.05, 0) is 36.4 Å². The zero-order valence-corrected chi connectivity index (χ0v) is 11.3. The molecule has 108 valence electrons. The summed E-state index contributed by atoms with van der Waals surface area (Å²) < 4.78 is 12.9. The molecule has 0 saturated heterocycles. The van der Waals surface area contributed by atoms with Gasteiger partial charge in [0.2, 0.25) is 5.91 Å². The molecule has 5 nitrogen and oxygen atoms in total. The molecule has 0 unspecified atom stereocenters. The summed E-state index contributed by atoms with van der Waals surface area (Å²) in [4.78, 5) is 22.8. The normalized spacial score (nSPS) is 9.81. The van der Waals surface area contributed by atoms with Crippen molar-refractivity contribution in [3.63, 3.8) is 0 Å². The van der Waals surface area contributed by atoms with Gasteiger partial charge in [0.05, 0.1) is 11.3 Å². The summed E-state index contributed by atoms with van der Waals surface area (Å²) in [6.45, 7) is 1.29. The van der Waals surface area contributed by atoms with Crippen LogP contribution in [-0.4, -0.2) is 11.8 Å².